The van der Waals surface area contributed by atoms with Crippen LogP contribution in [0.2, 0.25) is 0 Å². The number of nitrogens with zero attached hydrogens (tertiary/aromatic N) is 6. The highest BCUT2D eigenvalue weighted by Gasteiger charge is 2.13. The first-order valence-corrected chi connectivity index (χ1v) is 6.38. The van der Waals surface area contributed by atoms with E-state index in [1.165, 1.54) is 12.4 Å². The number of aromatic nitrogens is 6. The van der Waals surface area contributed by atoms with Gasteiger partial charge in [0.1, 0.15) is 0 Å². The van der Waals surface area contributed by atoms with Gasteiger partial charge in [-0.2, -0.15) is 4.68 Å². The van der Waals surface area contributed by atoms with E-state index >= 15 is 0 Å². The second-order valence-corrected chi connectivity index (χ2v) is 4.43. The average Bonchev–Trinajstić information content (AvgIpc) is 2.94. The van der Waals surface area contributed by atoms with Crippen LogP contribution in [-0.2, 0) is 0 Å². The van der Waals surface area contributed by atoms with Crippen molar-refractivity contribution in [2.75, 3.05) is 11.1 Å². The van der Waals surface area contributed by atoms with E-state index in [0.29, 0.717) is 11.5 Å². The quantitative estimate of drug-likeness (QED) is 0.724. The van der Waals surface area contributed by atoms with Crippen LogP contribution in [0.1, 0.15) is 16.3 Å². The lowest BCUT2D eigenvalue weighted by atomic mass is 10.2. The number of hydrogen-bond donors (Lipinski definition) is 2. The number of rotatable bonds is 3. The molecule has 2 aromatic heterocycles. The smallest absolute Gasteiger partial charge is 0.278 e. The van der Waals surface area contributed by atoms with Gasteiger partial charge < -0.3 is 11.1 Å². The molecule has 0 saturated carbocycles. The Morgan fingerprint density at radius 1 is 1.27 bits per heavy atom. The minimum Gasteiger partial charge on any atom is -0.382 e. The standard InChI is InChI=1S/C13H12N8O/c1-8-18-19-20-21(8)10-4-2-3-9(7-10)17-13(22)11-12(14)16-6-5-15-11/h2-7H,1H3,(H2,14,16)(H,17,22). The Balaban J connectivity index is 1.86. The van der Waals surface area contributed by atoms with Crippen molar-refractivity contribution in [3.8, 4) is 5.69 Å². The number of nitrogens with one attached hydrogen (secondary N) is 1. The van der Waals surface area contributed by atoms with Gasteiger partial charge >= 0.3 is 0 Å². The van der Waals surface area contributed by atoms with Crippen LogP contribution in [-0.4, -0.2) is 36.1 Å². The number of nitrogen functional groups attached to an aromatic ring is 1. The second kappa shape index (κ2) is 5.56. The highest BCUT2D eigenvalue weighted by atomic mass is 16.1. The Hall–Kier alpha value is -3.36. The van der Waals surface area contributed by atoms with Gasteiger partial charge in [0.2, 0.25) is 0 Å². The maximum Gasteiger partial charge on any atom is 0.278 e. The fraction of sp³-hybridized carbons (Fsp3) is 0.0769. The lowest BCUT2D eigenvalue weighted by Gasteiger charge is -2.08. The second-order valence-electron chi connectivity index (χ2n) is 4.43. The van der Waals surface area contributed by atoms with E-state index in [2.05, 4.69) is 30.8 Å². The third-order valence-corrected chi connectivity index (χ3v) is 2.92. The summed E-state index contributed by atoms with van der Waals surface area (Å²) in [6.07, 6.45) is 2.83. The van der Waals surface area contributed by atoms with Crippen LogP contribution in [0.25, 0.3) is 5.69 Å². The molecule has 110 valence electrons. The van der Waals surface area contributed by atoms with Gasteiger partial charge in [-0.05, 0) is 35.5 Å². The number of tetrazole rings is 1. The van der Waals surface area contributed by atoms with E-state index in [-0.39, 0.29) is 11.5 Å². The lowest BCUT2D eigenvalue weighted by molar-refractivity contribution is 0.102. The van der Waals surface area contributed by atoms with Crippen molar-refractivity contribution in [2.24, 2.45) is 0 Å². The Kier molecular flexibility index (Phi) is 3.44. The summed E-state index contributed by atoms with van der Waals surface area (Å²) in [5.74, 6) is 0.283. The van der Waals surface area contributed by atoms with Crippen LogP contribution < -0.4 is 11.1 Å². The molecule has 22 heavy (non-hydrogen) atoms. The van der Waals surface area contributed by atoms with Gasteiger partial charge in [0.05, 0.1) is 5.69 Å². The predicted octanol–water partition coefficient (Wildman–Crippen LogP) is 0.595. The van der Waals surface area contributed by atoms with Crippen LogP contribution in [0.3, 0.4) is 0 Å². The van der Waals surface area contributed by atoms with Gasteiger partial charge in [0.15, 0.2) is 17.3 Å². The molecule has 0 unspecified atom stereocenters. The Labute approximate surface area is 125 Å². The van der Waals surface area contributed by atoms with Gasteiger partial charge in [-0.15, -0.1) is 5.10 Å². The number of nitrogens with two attached hydrogens (primary N) is 1. The minimum atomic E-state index is -0.434. The molecule has 1 aromatic carbocycles. The third-order valence-electron chi connectivity index (χ3n) is 2.92. The summed E-state index contributed by atoms with van der Waals surface area (Å²) in [7, 11) is 0. The summed E-state index contributed by atoms with van der Waals surface area (Å²) < 4.78 is 1.56. The predicted molar refractivity (Wildman–Crippen MR) is 78.3 cm³/mol. The number of anilines is 2. The first-order chi connectivity index (χ1) is 10.6. The van der Waals surface area contributed by atoms with E-state index in [1.807, 2.05) is 6.07 Å². The molecule has 0 aliphatic rings. The number of carbonyl (C=O) groups is 1. The molecule has 0 aliphatic heterocycles. The molecule has 1 amide bonds. The maximum absolute atomic E-state index is 12.2. The van der Waals surface area contributed by atoms with Crippen LogP contribution in [0.15, 0.2) is 36.7 Å². The van der Waals surface area contributed by atoms with Gasteiger partial charge in [0.25, 0.3) is 5.91 Å². The van der Waals surface area contributed by atoms with Gasteiger partial charge in [-0.1, -0.05) is 6.07 Å². The van der Waals surface area contributed by atoms with Crippen LogP contribution in [0, 0.1) is 6.92 Å². The molecule has 2 heterocycles. The lowest BCUT2D eigenvalue weighted by Crippen LogP contribution is -2.16. The highest BCUT2D eigenvalue weighted by Crippen LogP contribution is 2.16. The fourth-order valence-corrected chi connectivity index (χ4v) is 1.90. The largest absolute Gasteiger partial charge is 0.382 e. The number of benzene rings is 1. The zero-order valence-corrected chi connectivity index (χ0v) is 11.6. The summed E-state index contributed by atoms with van der Waals surface area (Å²) in [4.78, 5) is 19.9. The van der Waals surface area contributed by atoms with Gasteiger partial charge in [-0.3, -0.25) is 4.79 Å². The number of aryl methyl sites for hydroxylation is 1. The molecule has 0 aliphatic carbocycles. The SMILES string of the molecule is Cc1nnnn1-c1cccc(NC(=O)c2nccnc2N)c1. The zero-order chi connectivity index (χ0) is 15.5. The Morgan fingerprint density at radius 3 is 2.82 bits per heavy atom. The highest BCUT2D eigenvalue weighted by molar-refractivity contribution is 6.05. The van der Waals surface area contributed by atoms with Crippen molar-refractivity contribution >= 4 is 17.4 Å². The third kappa shape index (κ3) is 2.59. The molecule has 0 radical (unpaired) electrons. The number of amides is 1. The normalized spacial score (nSPS) is 10.4. The summed E-state index contributed by atoms with van der Waals surface area (Å²) in [6, 6.07) is 7.10. The summed E-state index contributed by atoms with van der Waals surface area (Å²) >= 11 is 0. The Bertz CT molecular complexity index is 828. The monoisotopic (exact) mass is 296 g/mol. The molecular formula is C13H12N8O. The van der Waals surface area contributed by atoms with E-state index < -0.39 is 5.91 Å². The topological polar surface area (TPSA) is 124 Å². The number of carbonyl (C=O) groups excluding carboxylic acids is 1. The van der Waals surface area contributed by atoms with E-state index in [1.54, 1.807) is 29.8 Å². The summed E-state index contributed by atoms with van der Waals surface area (Å²) in [5, 5.41) is 14.0. The molecule has 9 heteroatoms. The molecule has 3 aromatic rings. The maximum atomic E-state index is 12.2. The molecule has 3 N–H and O–H groups in total. The van der Waals surface area contributed by atoms with E-state index in [4.69, 9.17) is 5.73 Å². The average molecular weight is 296 g/mol. The molecule has 0 fully saturated rings. The van der Waals surface area contributed by atoms with Gasteiger partial charge in [-0.25, -0.2) is 9.97 Å². The van der Waals surface area contributed by atoms with E-state index in [0.717, 1.165) is 5.69 Å². The van der Waals surface area contributed by atoms with Crippen molar-refractivity contribution in [1.29, 1.82) is 0 Å². The van der Waals surface area contributed by atoms with Crippen LogP contribution in [0.5, 0.6) is 0 Å². The first kappa shape index (κ1) is 13.6. The zero-order valence-electron chi connectivity index (χ0n) is 11.6. The molecule has 0 atom stereocenters. The Morgan fingerprint density at radius 2 is 2.09 bits per heavy atom. The summed E-state index contributed by atoms with van der Waals surface area (Å²) in [5.41, 5.74) is 7.01. The minimum absolute atomic E-state index is 0.0755. The van der Waals surface area contributed by atoms with Crippen molar-refractivity contribution in [3.63, 3.8) is 0 Å². The first-order valence-electron chi connectivity index (χ1n) is 6.38. The number of hydrogen-bond acceptors (Lipinski definition) is 7. The van der Waals surface area contributed by atoms with Crippen LogP contribution >= 0.6 is 0 Å². The molecule has 0 bridgehead atoms. The summed E-state index contributed by atoms with van der Waals surface area (Å²) in [6.45, 7) is 1.78. The molecular weight excluding hydrogens is 284 g/mol. The molecule has 0 saturated heterocycles. The fourth-order valence-electron chi connectivity index (χ4n) is 1.90. The van der Waals surface area contributed by atoms with Crippen LogP contribution in [0.4, 0.5) is 11.5 Å². The molecule has 9 nitrogen and oxygen atoms in total. The molecule has 0 spiro atoms. The van der Waals surface area contributed by atoms with Crippen molar-refractivity contribution in [2.45, 2.75) is 6.92 Å². The molecule has 3 rings (SSSR count). The van der Waals surface area contributed by atoms with Gasteiger partial charge in [0, 0.05) is 18.1 Å². The van der Waals surface area contributed by atoms with Crippen molar-refractivity contribution in [3.05, 3.63) is 48.2 Å². The van der Waals surface area contributed by atoms with Crippen molar-refractivity contribution in [1.82, 2.24) is 30.2 Å². The van der Waals surface area contributed by atoms with E-state index in [9.17, 15) is 4.79 Å². The van der Waals surface area contributed by atoms with Crippen molar-refractivity contribution < 1.29 is 4.79 Å².